The van der Waals surface area contributed by atoms with Gasteiger partial charge in [-0.25, -0.2) is 4.39 Å². The minimum Gasteiger partial charge on any atom is -0.344 e. The molecule has 2 aromatic carbocycles. The van der Waals surface area contributed by atoms with Crippen LogP contribution in [-0.4, -0.2) is 47.8 Å². The molecule has 3 amide bonds. The molecule has 1 heterocycles. The Balaban J connectivity index is 1.63. The molecule has 1 saturated heterocycles. The van der Waals surface area contributed by atoms with Crippen LogP contribution in [0, 0.1) is 17.7 Å². The maximum absolute atomic E-state index is 13.2. The minimum atomic E-state index is -0.797. The standard InChI is InChI=1S/C26H33FN4O3/c1-17(2)23(28)26(34)31-14-12-19(13-15-31)24(32)30-22(16-18-6-4-3-5-7-18)25(33)29-21-10-8-20(27)9-11-21/h3-11,17,19,22-23H,12-16,28H2,1-2H3,(H,29,33)(H,30,32)/t22-,23-/m0/s1. The number of anilines is 1. The molecular weight excluding hydrogens is 435 g/mol. The lowest BCUT2D eigenvalue weighted by Crippen LogP contribution is -2.52. The van der Waals surface area contributed by atoms with Gasteiger partial charge in [0.25, 0.3) is 0 Å². The van der Waals surface area contributed by atoms with Gasteiger partial charge in [-0.3, -0.25) is 14.4 Å². The van der Waals surface area contributed by atoms with E-state index in [1.807, 2.05) is 44.2 Å². The fourth-order valence-corrected chi connectivity index (χ4v) is 3.97. The minimum absolute atomic E-state index is 0.0480. The van der Waals surface area contributed by atoms with Gasteiger partial charge in [0, 0.05) is 31.1 Å². The van der Waals surface area contributed by atoms with Crippen molar-refractivity contribution in [3.8, 4) is 0 Å². The van der Waals surface area contributed by atoms with Crippen molar-refractivity contribution < 1.29 is 18.8 Å². The summed E-state index contributed by atoms with van der Waals surface area (Å²) in [7, 11) is 0. The highest BCUT2D eigenvalue weighted by molar-refractivity contribution is 5.97. The largest absolute Gasteiger partial charge is 0.344 e. The highest BCUT2D eigenvalue weighted by atomic mass is 19.1. The summed E-state index contributed by atoms with van der Waals surface area (Å²) in [6.07, 6.45) is 1.35. The molecule has 0 unspecified atom stereocenters. The van der Waals surface area contributed by atoms with Crippen LogP contribution < -0.4 is 16.4 Å². The average molecular weight is 469 g/mol. The molecule has 7 nitrogen and oxygen atoms in total. The molecular formula is C26H33FN4O3. The van der Waals surface area contributed by atoms with Crippen LogP contribution in [0.4, 0.5) is 10.1 Å². The molecule has 0 saturated carbocycles. The molecule has 4 N–H and O–H groups in total. The Labute approximate surface area is 199 Å². The number of carbonyl (C=O) groups excluding carboxylic acids is 3. The third-order valence-electron chi connectivity index (χ3n) is 6.21. The molecule has 8 heteroatoms. The molecule has 2 aromatic rings. The Hall–Kier alpha value is -3.26. The number of amides is 3. The maximum atomic E-state index is 13.2. The Bertz CT molecular complexity index is 973. The second-order valence-corrected chi connectivity index (χ2v) is 9.12. The number of nitrogens with two attached hydrogens (primary N) is 1. The van der Waals surface area contributed by atoms with E-state index in [0.29, 0.717) is 38.0 Å². The number of piperidine rings is 1. The Morgan fingerprint density at radius 2 is 1.65 bits per heavy atom. The second kappa shape index (κ2) is 11.7. The van der Waals surface area contributed by atoms with E-state index in [-0.39, 0.29) is 29.6 Å². The quantitative estimate of drug-likeness (QED) is 0.554. The maximum Gasteiger partial charge on any atom is 0.247 e. The van der Waals surface area contributed by atoms with Crippen molar-refractivity contribution in [3.05, 3.63) is 66.0 Å². The second-order valence-electron chi connectivity index (χ2n) is 9.12. The first-order valence-corrected chi connectivity index (χ1v) is 11.7. The van der Waals surface area contributed by atoms with Gasteiger partial charge in [0.05, 0.1) is 6.04 Å². The van der Waals surface area contributed by atoms with Gasteiger partial charge in [-0.2, -0.15) is 0 Å². The highest BCUT2D eigenvalue weighted by Crippen LogP contribution is 2.20. The fraction of sp³-hybridized carbons (Fsp3) is 0.423. The van der Waals surface area contributed by atoms with Crippen LogP contribution in [0.1, 0.15) is 32.3 Å². The monoisotopic (exact) mass is 468 g/mol. The number of hydrogen-bond donors (Lipinski definition) is 3. The van der Waals surface area contributed by atoms with Crippen molar-refractivity contribution in [2.75, 3.05) is 18.4 Å². The van der Waals surface area contributed by atoms with Gasteiger partial charge in [0.1, 0.15) is 11.9 Å². The fourth-order valence-electron chi connectivity index (χ4n) is 3.97. The van der Waals surface area contributed by atoms with Gasteiger partial charge in [-0.1, -0.05) is 44.2 Å². The number of carbonyl (C=O) groups is 3. The van der Waals surface area contributed by atoms with Gasteiger partial charge in [-0.15, -0.1) is 0 Å². The van der Waals surface area contributed by atoms with Crippen LogP contribution in [0.5, 0.6) is 0 Å². The van der Waals surface area contributed by atoms with E-state index in [1.54, 1.807) is 4.90 Å². The third kappa shape index (κ3) is 6.87. The lowest BCUT2D eigenvalue weighted by Gasteiger charge is -2.34. The summed E-state index contributed by atoms with van der Waals surface area (Å²) in [5.41, 5.74) is 7.35. The molecule has 1 aliphatic rings. The predicted octanol–water partition coefficient (Wildman–Crippen LogP) is 2.71. The topological polar surface area (TPSA) is 105 Å². The molecule has 0 spiro atoms. The summed E-state index contributed by atoms with van der Waals surface area (Å²) < 4.78 is 13.2. The summed E-state index contributed by atoms with van der Waals surface area (Å²) in [6.45, 7) is 4.74. The third-order valence-corrected chi connectivity index (χ3v) is 6.21. The van der Waals surface area contributed by atoms with E-state index in [0.717, 1.165) is 5.56 Å². The predicted molar refractivity (Wildman–Crippen MR) is 129 cm³/mol. The number of nitrogens with one attached hydrogen (secondary N) is 2. The zero-order valence-corrected chi connectivity index (χ0v) is 19.7. The number of halogens is 1. The van der Waals surface area contributed by atoms with E-state index in [9.17, 15) is 18.8 Å². The molecule has 0 aromatic heterocycles. The van der Waals surface area contributed by atoms with E-state index in [1.165, 1.54) is 24.3 Å². The zero-order valence-electron chi connectivity index (χ0n) is 19.7. The molecule has 2 atom stereocenters. The van der Waals surface area contributed by atoms with Crippen molar-refractivity contribution in [1.82, 2.24) is 10.2 Å². The number of rotatable bonds is 8. The van der Waals surface area contributed by atoms with Crippen LogP contribution in [0.2, 0.25) is 0 Å². The van der Waals surface area contributed by atoms with Crippen molar-refractivity contribution in [1.29, 1.82) is 0 Å². The summed E-state index contributed by atoms with van der Waals surface area (Å²) in [4.78, 5) is 40.3. The van der Waals surface area contributed by atoms with E-state index in [2.05, 4.69) is 10.6 Å². The van der Waals surface area contributed by atoms with Gasteiger partial charge >= 0.3 is 0 Å². The molecule has 3 rings (SSSR count). The summed E-state index contributed by atoms with van der Waals surface area (Å²) in [6, 6.07) is 13.6. The molecule has 0 bridgehead atoms. The van der Waals surface area contributed by atoms with E-state index >= 15 is 0 Å². The van der Waals surface area contributed by atoms with Crippen molar-refractivity contribution >= 4 is 23.4 Å². The Morgan fingerprint density at radius 3 is 2.24 bits per heavy atom. The molecule has 182 valence electrons. The lowest BCUT2D eigenvalue weighted by atomic mass is 9.93. The Kier molecular flexibility index (Phi) is 8.76. The lowest BCUT2D eigenvalue weighted by molar-refractivity contribution is -0.137. The molecule has 0 aliphatic carbocycles. The normalized spacial score (nSPS) is 16.1. The van der Waals surface area contributed by atoms with Crippen LogP contribution in [0.3, 0.4) is 0 Å². The summed E-state index contributed by atoms with van der Waals surface area (Å²) in [5.74, 6) is -1.32. The number of benzene rings is 2. The summed E-state index contributed by atoms with van der Waals surface area (Å²) in [5, 5.41) is 5.65. The zero-order chi connectivity index (χ0) is 24.7. The SMILES string of the molecule is CC(C)[C@H](N)C(=O)N1CCC(C(=O)N[C@@H](Cc2ccccc2)C(=O)Nc2ccc(F)cc2)CC1. The summed E-state index contributed by atoms with van der Waals surface area (Å²) >= 11 is 0. The molecule has 1 aliphatic heterocycles. The van der Waals surface area contributed by atoms with Crippen LogP contribution in [0.15, 0.2) is 54.6 Å². The number of nitrogens with zero attached hydrogens (tertiary/aromatic N) is 1. The van der Waals surface area contributed by atoms with E-state index in [4.69, 9.17) is 5.73 Å². The first kappa shape index (κ1) is 25.4. The van der Waals surface area contributed by atoms with Crippen molar-refractivity contribution in [2.24, 2.45) is 17.6 Å². The first-order valence-electron chi connectivity index (χ1n) is 11.7. The highest BCUT2D eigenvalue weighted by Gasteiger charge is 2.32. The van der Waals surface area contributed by atoms with Crippen molar-refractivity contribution in [2.45, 2.75) is 45.2 Å². The first-order chi connectivity index (χ1) is 16.2. The van der Waals surface area contributed by atoms with Crippen molar-refractivity contribution in [3.63, 3.8) is 0 Å². The van der Waals surface area contributed by atoms with Crippen LogP contribution in [-0.2, 0) is 20.8 Å². The molecule has 0 radical (unpaired) electrons. The van der Waals surface area contributed by atoms with Gasteiger partial charge in [0.2, 0.25) is 17.7 Å². The van der Waals surface area contributed by atoms with E-state index < -0.39 is 17.9 Å². The average Bonchev–Trinajstić information content (AvgIpc) is 2.84. The smallest absolute Gasteiger partial charge is 0.247 e. The van der Waals surface area contributed by atoms with Gasteiger partial charge < -0.3 is 21.3 Å². The number of hydrogen-bond acceptors (Lipinski definition) is 4. The van der Waals surface area contributed by atoms with Crippen LogP contribution >= 0.6 is 0 Å². The Morgan fingerprint density at radius 1 is 1.03 bits per heavy atom. The number of likely N-dealkylation sites (tertiary alicyclic amines) is 1. The molecule has 34 heavy (non-hydrogen) atoms. The molecule has 1 fully saturated rings. The van der Waals surface area contributed by atoms with Gasteiger partial charge in [-0.05, 0) is 48.6 Å². The van der Waals surface area contributed by atoms with Gasteiger partial charge in [0.15, 0.2) is 0 Å². The van der Waals surface area contributed by atoms with Crippen LogP contribution in [0.25, 0.3) is 0 Å².